The van der Waals surface area contributed by atoms with E-state index in [9.17, 15) is 4.79 Å². The van der Waals surface area contributed by atoms with Crippen LogP contribution in [0.1, 0.15) is 52.4 Å². The van der Waals surface area contributed by atoms with Crippen LogP contribution in [0.15, 0.2) is 24.3 Å². The number of amides is 2. The van der Waals surface area contributed by atoms with E-state index >= 15 is 0 Å². The molecular formula is C22H33N3O. The van der Waals surface area contributed by atoms with Gasteiger partial charge in [-0.05, 0) is 99.8 Å². The summed E-state index contributed by atoms with van der Waals surface area (Å²) in [5.41, 5.74) is 2.46. The molecule has 1 aromatic carbocycles. The summed E-state index contributed by atoms with van der Waals surface area (Å²) in [7, 11) is 0. The van der Waals surface area contributed by atoms with Gasteiger partial charge >= 0.3 is 6.03 Å². The van der Waals surface area contributed by atoms with Crippen LogP contribution >= 0.6 is 0 Å². The van der Waals surface area contributed by atoms with Crippen LogP contribution in [0.2, 0.25) is 0 Å². The topological polar surface area (TPSA) is 44.4 Å². The molecule has 4 aliphatic carbocycles. The smallest absolute Gasteiger partial charge is 0.319 e. The fourth-order valence-electron chi connectivity index (χ4n) is 6.29. The summed E-state index contributed by atoms with van der Waals surface area (Å²) < 4.78 is 0. The van der Waals surface area contributed by atoms with Gasteiger partial charge in [0.1, 0.15) is 0 Å². The quantitative estimate of drug-likeness (QED) is 0.764. The minimum Gasteiger partial charge on any atom is -0.372 e. The van der Waals surface area contributed by atoms with E-state index in [-0.39, 0.29) is 6.03 Å². The van der Waals surface area contributed by atoms with Crippen molar-refractivity contribution in [2.75, 3.05) is 29.9 Å². The molecule has 0 unspecified atom stereocenters. The molecule has 2 N–H and O–H groups in total. The zero-order chi connectivity index (χ0) is 18.1. The van der Waals surface area contributed by atoms with Crippen molar-refractivity contribution in [1.82, 2.24) is 5.32 Å². The van der Waals surface area contributed by atoms with Crippen molar-refractivity contribution in [3.8, 4) is 0 Å². The molecule has 142 valence electrons. The highest BCUT2D eigenvalue weighted by Crippen LogP contribution is 2.59. The Morgan fingerprint density at radius 2 is 1.54 bits per heavy atom. The first-order valence-corrected chi connectivity index (χ1v) is 10.5. The number of urea groups is 1. The molecule has 1 aromatic rings. The van der Waals surface area contributed by atoms with Crippen LogP contribution in [0, 0.1) is 23.2 Å². The number of benzene rings is 1. The fraction of sp³-hybridized carbons (Fsp3) is 0.682. The molecule has 4 saturated carbocycles. The van der Waals surface area contributed by atoms with Crippen LogP contribution in [0.4, 0.5) is 16.2 Å². The third-order valence-electron chi connectivity index (χ3n) is 7.04. The molecule has 0 aliphatic heterocycles. The van der Waals surface area contributed by atoms with Gasteiger partial charge in [0.05, 0.1) is 0 Å². The molecule has 4 heteroatoms. The summed E-state index contributed by atoms with van der Waals surface area (Å²) in [6.45, 7) is 7.16. The first-order valence-electron chi connectivity index (χ1n) is 10.5. The third-order valence-corrected chi connectivity index (χ3v) is 7.04. The van der Waals surface area contributed by atoms with Gasteiger partial charge in [0.15, 0.2) is 0 Å². The number of nitrogens with one attached hydrogen (secondary N) is 2. The molecule has 4 nitrogen and oxygen atoms in total. The fourth-order valence-corrected chi connectivity index (χ4v) is 6.29. The average molecular weight is 356 g/mol. The Bertz CT molecular complexity index is 600. The van der Waals surface area contributed by atoms with E-state index < -0.39 is 0 Å². The van der Waals surface area contributed by atoms with Crippen molar-refractivity contribution in [1.29, 1.82) is 0 Å². The standard InChI is InChI=1S/C22H33N3O/c1-3-25(4-2)20-7-5-19(6-8-20)24-21(26)23-15-22-12-16-9-17(13-22)11-18(10-16)14-22/h5-8,16-18H,3-4,9-15H2,1-2H3,(H2,23,24,26). The van der Waals surface area contributed by atoms with Crippen molar-refractivity contribution >= 4 is 17.4 Å². The Labute approximate surface area is 157 Å². The van der Waals surface area contributed by atoms with E-state index in [1.54, 1.807) is 0 Å². The lowest BCUT2D eigenvalue weighted by atomic mass is 9.49. The predicted molar refractivity (Wildman–Crippen MR) is 108 cm³/mol. The predicted octanol–water partition coefficient (Wildman–Crippen LogP) is 4.87. The Balaban J connectivity index is 1.30. The molecular weight excluding hydrogens is 322 g/mol. The lowest BCUT2D eigenvalue weighted by molar-refractivity contribution is -0.0496. The molecule has 0 radical (unpaired) electrons. The van der Waals surface area contributed by atoms with E-state index in [0.29, 0.717) is 5.41 Å². The third kappa shape index (κ3) is 3.56. The van der Waals surface area contributed by atoms with Crippen molar-refractivity contribution in [3.05, 3.63) is 24.3 Å². The number of hydrogen-bond donors (Lipinski definition) is 2. The minimum absolute atomic E-state index is 0.0589. The van der Waals surface area contributed by atoms with Crippen molar-refractivity contribution in [2.45, 2.75) is 52.4 Å². The summed E-state index contributed by atoms with van der Waals surface area (Å²) in [5.74, 6) is 2.79. The van der Waals surface area contributed by atoms with E-state index in [2.05, 4.69) is 41.5 Å². The van der Waals surface area contributed by atoms with E-state index in [4.69, 9.17) is 0 Å². The van der Waals surface area contributed by atoms with E-state index in [0.717, 1.165) is 43.1 Å². The van der Waals surface area contributed by atoms with Gasteiger partial charge in [0.2, 0.25) is 0 Å². The SMILES string of the molecule is CCN(CC)c1ccc(NC(=O)NCC23CC4CC(CC(C4)C2)C3)cc1. The van der Waals surface area contributed by atoms with Gasteiger partial charge in [0, 0.05) is 31.0 Å². The van der Waals surface area contributed by atoms with Gasteiger partial charge in [-0.15, -0.1) is 0 Å². The maximum Gasteiger partial charge on any atom is 0.319 e. The first kappa shape index (κ1) is 17.7. The highest BCUT2D eigenvalue weighted by atomic mass is 16.2. The van der Waals surface area contributed by atoms with Gasteiger partial charge in [-0.25, -0.2) is 4.79 Å². The van der Waals surface area contributed by atoms with Crippen LogP contribution in [0.25, 0.3) is 0 Å². The molecule has 0 atom stereocenters. The van der Waals surface area contributed by atoms with Gasteiger partial charge in [0.25, 0.3) is 0 Å². The van der Waals surface area contributed by atoms with E-state index in [1.165, 1.54) is 44.2 Å². The highest BCUT2D eigenvalue weighted by molar-refractivity contribution is 5.89. The highest BCUT2D eigenvalue weighted by Gasteiger charge is 2.50. The number of nitrogens with zero attached hydrogens (tertiary/aromatic N) is 1. The number of carbonyl (C=O) groups is 1. The summed E-state index contributed by atoms with van der Waals surface area (Å²) >= 11 is 0. The van der Waals surface area contributed by atoms with Crippen LogP contribution in [0.3, 0.4) is 0 Å². The number of hydrogen-bond acceptors (Lipinski definition) is 2. The molecule has 5 rings (SSSR count). The monoisotopic (exact) mass is 355 g/mol. The summed E-state index contributed by atoms with van der Waals surface area (Å²) in [4.78, 5) is 14.7. The zero-order valence-electron chi connectivity index (χ0n) is 16.3. The van der Waals surface area contributed by atoms with Gasteiger partial charge < -0.3 is 15.5 Å². The second-order valence-corrected chi connectivity index (χ2v) is 8.94. The zero-order valence-corrected chi connectivity index (χ0v) is 16.3. The van der Waals surface area contributed by atoms with Crippen LogP contribution < -0.4 is 15.5 Å². The lowest BCUT2D eigenvalue weighted by Crippen LogP contribution is -2.51. The number of anilines is 2. The molecule has 4 fully saturated rings. The summed E-state index contributed by atoms with van der Waals surface area (Å²) in [5, 5.41) is 6.20. The Morgan fingerprint density at radius 3 is 2.04 bits per heavy atom. The first-order chi connectivity index (χ1) is 12.6. The van der Waals surface area contributed by atoms with Crippen molar-refractivity contribution in [3.63, 3.8) is 0 Å². The maximum absolute atomic E-state index is 12.4. The Kier molecular flexibility index (Phi) is 4.85. The van der Waals surface area contributed by atoms with Gasteiger partial charge in [-0.2, -0.15) is 0 Å². The van der Waals surface area contributed by atoms with Crippen LogP contribution in [-0.4, -0.2) is 25.7 Å². The molecule has 4 bridgehead atoms. The largest absolute Gasteiger partial charge is 0.372 e. The maximum atomic E-state index is 12.4. The molecule has 2 amide bonds. The number of carbonyl (C=O) groups excluding carboxylic acids is 1. The molecule has 0 aromatic heterocycles. The summed E-state index contributed by atoms with van der Waals surface area (Å²) in [6, 6.07) is 8.11. The average Bonchev–Trinajstić information content (AvgIpc) is 2.61. The second-order valence-electron chi connectivity index (χ2n) is 8.94. The Morgan fingerprint density at radius 1 is 1.00 bits per heavy atom. The second kappa shape index (κ2) is 7.13. The normalized spacial score (nSPS) is 31.7. The molecule has 26 heavy (non-hydrogen) atoms. The number of rotatable bonds is 6. The molecule has 0 saturated heterocycles. The lowest BCUT2D eigenvalue weighted by Gasteiger charge is -2.56. The molecule has 0 spiro atoms. The van der Waals surface area contributed by atoms with Gasteiger partial charge in [-0.1, -0.05) is 0 Å². The molecule has 4 aliphatic rings. The van der Waals surface area contributed by atoms with Crippen molar-refractivity contribution < 1.29 is 4.79 Å². The van der Waals surface area contributed by atoms with Crippen LogP contribution in [-0.2, 0) is 0 Å². The Hall–Kier alpha value is -1.71. The summed E-state index contributed by atoms with van der Waals surface area (Å²) in [6.07, 6.45) is 8.34. The minimum atomic E-state index is -0.0589. The van der Waals surface area contributed by atoms with Crippen LogP contribution in [0.5, 0.6) is 0 Å². The molecule has 0 heterocycles. The van der Waals surface area contributed by atoms with Crippen molar-refractivity contribution in [2.24, 2.45) is 23.2 Å². The van der Waals surface area contributed by atoms with Gasteiger partial charge in [-0.3, -0.25) is 0 Å². The van der Waals surface area contributed by atoms with E-state index in [1.807, 2.05) is 12.1 Å².